The van der Waals surface area contributed by atoms with E-state index in [0.29, 0.717) is 0 Å². The highest BCUT2D eigenvalue weighted by Gasteiger charge is 2.20. The molecule has 0 aromatic carbocycles. The van der Waals surface area contributed by atoms with Crippen molar-refractivity contribution in [3.63, 3.8) is 0 Å². The van der Waals surface area contributed by atoms with Gasteiger partial charge in [0.15, 0.2) is 5.78 Å². The maximum Gasteiger partial charge on any atom is 0.184 e. The highest BCUT2D eigenvalue weighted by atomic mass is 16.1. The summed E-state index contributed by atoms with van der Waals surface area (Å²) in [5.74, 6) is 0.255. The molecule has 1 heteroatoms. The van der Waals surface area contributed by atoms with Gasteiger partial charge in [-0.1, -0.05) is 12.2 Å². The number of ketones is 1. The molecule has 54 valence electrons. The molecule has 1 nitrogen and oxygen atoms in total. The first-order valence-electron chi connectivity index (χ1n) is 3.64. The molecule has 10 heavy (non-hydrogen) atoms. The van der Waals surface area contributed by atoms with Gasteiger partial charge >= 0.3 is 0 Å². The van der Waals surface area contributed by atoms with Gasteiger partial charge in [-0.2, -0.15) is 0 Å². The molecular formula is C9H12O. The van der Waals surface area contributed by atoms with Crippen molar-refractivity contribution in [3.8, 4) is 0 Å². The van der Waals surface area contributed by atoms with Gasteiger partial charge in [-0.15, -0.1) is 0 Å². The van der Waals surface area contributed by atoms with Crippen LogP contribution in [0.5, 0.6) is 0 Å². The Morgan fingerprint density at radius 2 is 1.50 bits per heavy atom. The molecule has 0 aromatic rings. The molecule has 1 saturated carbocycles. The summed E-state index contributed by atoms with van der Waals surface area (Å²) in [5, 5.41) is 0. The Labute approximate surface area is 61.4 Å². The largest absolute Gasteiger partial charge is 0.289 e. The highest BCUT2D eigenvalue weighted by Crippen LogP contribution is 2.25. The molecule has 0 spiro atoms. The fourth-order valence-corrected chi connectivity index (χ4v) is 1.25. The summed E-state index contributed by atoms with van der Waals surface area (Å²) in [6, 6.07) is 0. The smallest absolute Gasteiger partial charge is 0.184 e. The zero-order chi connectivity index (χ0) is 7.56. The summed E-state index contributed by atoms with van der Waals surface area (Å²) >= 11 is 0. The molecule has 1 rings (SSSR count). The van der Waals surface area contributed by atoms with Crippen LogP contribution in [0.15, 0.2) is 23.3 Å². The third-order valence-electron chi connectivity index (χ3n) is 1.94. The van der Waals surface area contributed by atoms with Gasteiger partial charge in [-0.05, 0) is 37.8 Å². The molecule has 0 heterocycles. The summed E-state index contributed by atoms with van der Waals surface area (Å²) in [6.07, 6.45) is 5.71. The Morgan fingerprint density at radius 1 is 1.10 bits per heavy atom. The van der Waals surface area contributed by atoms with Crippen LogP contribution >= 0.6 is 0 Å². The van der Waals surface area contributed by atoms with Crippen LogP contribution in [0.3, 0.4) is 0 Å². The van der Waals surface area contributed by atoms with Crippen molar-refractivity contribution in [2.75, 3.05) is 0 Å². The van der Waals surface area contributed by atoms with Crippen molar-refractivity contribution in [2.45, 2.75) is 26.7 Å². The van der Waals surface area contributed by atoms with Gasteiger partial charge in [0, 0.05) is 0 Å². The topological polar surface area (TPSA) is 17.1 Å². The van der Waals surface area contributed by atoms with Gasteiger partial charge in [0.1, 0.15) is 0 Å². The van der Waals surface area contributed by atoms with Gasteiger partial charge in [0.05, 0.1) is 0 Å². The Hall–Kier alpha value is -0.850. The number of allylic oxidation sites excluding steroid dienone is 4. The van der Waals surface area contributed by atoms with Gasteiger partial charge in [0.2, 0.25) is 0 Å². The number of Topliss-reactive ketones (excluding diaryl/α,β-unsaturated/α-hetero) is 1. The van der Waals surface area contributed by atoms with Gasteiger partial charge in [0.25, 0.3) is 0 Å². The number of hydrogen-bond donors (Lipinski definition) is 0. The van der Waals surface area contributed by atoms with Crippen LogP contribution in [-0.4, -0.2) is 5.78 Å². The van der Waals surface area contributed by atoms with E-state index in [2.05, 4.69) is 0 Å². The van der Waals surface area contributed by atoms with Crippen LogP contribution in [0.25, 0.3) is 0 Å². The molecule has 0 aromatic heterocycles. The minimum atomic E-state index is 0.255. The first kappa shape index (κ1) is 7.26. The van der Waals surface area contributed by atoms with E-state index in [4.69, 9.17) is 0 Å². The molecule has 0 N–H and O–H groups in total. The number of hydrogen-bond acceptors (Lipinski definition) is 1. The molecule has 1 aliphatic carbocycles. The van der Waals surface area contributed by atoms with Crippen molar-refractivity contribution in [1.29, 1.82) is 0 Å². The molecule has 1 fully saturated rings. The van der Waals surface area contributed by atoms with E-state index in [-0.39, 0.29) is 5.78 Å². The van der Waals surface area contributed by atoms with Crippen molar-refractivity contribution in [2.24, 2.45) is 0 Å². The normalized spacial score (nSPS) is 26.8. The molecule has 0 amide bonds. The molecule has 1 aliphatic rings. The van der Waals surface area contributed by atoms with Gasteiger partial charge in [-0.25, -0.2) is 0 Å². The lowest BCUT2D eigenvalue weighted by Gasteiger charge is -1.89. The van der Waals surface area contributed by atoms with Crippen LogP contribution in [-0.2, 0) is 4.79 Å². The maximum absolute atomic E-state index is 11.2. The fraction of sp³-hybridized carbons (Fsp3) is 0.444. The summed E-state index contributed by atoms with van der Waals surface area (Å²) < 4.78 is 0. The van der Waals surface area contributed by atoms with E-state index in [1.54, 1.807) is 0 Å². The molecule has 0 bridgehead atoms. The van der Waals surface area contributed by atoms with Crippen LogP contribution in [0.2, 0.25) is 0 Å². The minimum Gasteiger partial charge on any atom is -0.289 e. The van der Waals surface area contributed by atoms with E-state index >= 15 is 0 Å². The predicted molar refractivity (Wildman–Crippen MR) is 41.8 cm³/mol. The molecule has 0 aliphatic heterocycles. The molecular weight excluding hydrogens is 124 g/mol. The van der Waals surface area contributed by atoms with E-state index in [1.165, 1.54) is 0 Å². The first-order valence-corrected chi connectivity index (χ1v) is 3.64. The molecule has 0 atom stereocenters. The Balaban J connectivity index is 2.88. The Bertz CT molecular complexity index is 187. The van der Waals surface area contributed by atoms with Crippen LogP contribution in [0.4, 0.5) is 0 Å². The number of carbonyl (C=O) groups is 1. The third-order valence-corrected chi connectivity index (χ3v) is 1.94. The standard InChI is InChI=1S/C9H12O/c1-3-7-5-6-8(4-2)9(7)10/h3-4H,5-6H2,1-2H3. The Morgan fingerprint density at radius 3 is 1.70 bits per heavy atom. The van der Waals surface area contributed by atoms with Crippen LogP contribution in [0, 0.1) is 0 Å². The van der Waals surface area contributed by atoms with Crippen molar-refractivity contribution < 1.29 is 4.79 Å². The van der Waals surface area contributed by atoms with Crippen LogP contribution < -0.4 is 0 Å². The lowest BCUT2D eigenvalue weighted by molar-refractivity contribution is -0.111. The monoisotopic (exact) mass is 136 g/mol. The second-order valence-corrected chi connectivity index (χ2v) is 2.46. The summed E-state index contributed by atoms with van der Waals surface area (Å²) in [6.45, 7) is 3.84. The lowest BCUT2D eigenvalue weighted by atomic mass is 10.2. The van der Waals surface area contributed by atoms with Crippen LogP contribution in [0.1, 0.15) is 26.7 Å². The maximum atomic E-state index is 11.2. The van der Waals surface area contributed by atoms with Crippen molar-refractivity contribution in [1.82, 2.24) is 0 Å². The van der Waals surface area contributed by atoms with Crippen molar-refractivity contribution >= 4 is 5.78 Å². The zero-order valence-electron chi connectivity index (χ0n) is 6.48. The third kappa shape index (κ3) is 1.04. The van der Waals surface area contributed by atoms with Crippen molar-refractivity contribution in [3.05, 3.63) is 23.3 Å². The quantitative estimate of drug-likeness (QED) is 0.467. The van der Waals surface area contributed by atoms with E-state index in [9.17, 15) is 4.79 Å². The second kappa shape index (κ2) is 2.82. The second-order valence-electron chi connectivity index (χ2n) is 2.46. The molecule has 0 radical (unpaired) electrons. The Kier molecular flexibility index (Phi) is 2.05. The first-order chi connectivity index (χ1) is 4.79. The summed E-state index contributed by atoms with van der Waals surface area (Å²) in [4.78, 5) is 11.2. The predicted octanol–water partition coefficient (Wildman–Crippen LogP) is 2.24. The van der Waals surface area contributed by atoms with E-state index < -0.39 is 0 Å². The highest BCUT2D eigenvalue weighted by molar-refractivity contribution is 6.10. The SMILES string of the molecule is CC=C1CCC(=CC)C1=O. The van der Waals surface area contributed by atoms with Gasteiger partial charge in [-0.3, -0.25) is 4.79 Å². The molecule has 0 saturated heterocycles. The van der Waals surface area contributed by atoms with E-state index in [1.807, 2.05) is 26.0 Å². The van der Waals surface area contributed by atoms with E-state index in [0.717, 1.165) is 24.0 Å². The minimum absolute atomic E-state index is 0.255. The summed E-state index contributed by atoms with van der Waals surface area (Å²) in [7, 11) is 0. The number of rotatable bonds is 0. The summed E-state index contributed by atoms with van der Waals surface area (Å²) in [5.41, 5.74) is 1.96. The number of carbonyl (C=O) groups excluding carboxylic acids is 1. The fourth-order valence-electron chi connectivity index (χ4n) is 1.25. The average molecular weight is 136 g/mol. The molecule has 0 unspecified atom stereocenters. The average Bonchev–Trinajstić information content (AvgIpc) is 2.30. The lowest BCUT2D eigenvalue weighted by Crippen LogP contribution is -1.93. The zero-order valence-corrected chi connectivity index (χ0v) is 6.48. The van der Waals surface area contributed by atoms with Gasteiger partial charge < -0.3 is 0 Å².